The van der Waals surface area contributed by atoms with Crippen molar-refractivity contribution in [3.63, 3.8) is 0 Å². The molecule has 1 N–H and O–H groups in total. The van der Waals surface area contributed by atoms with Crippen LogP contribution in [0.15, 0.2) is 46.9 Å². The number of benzene rings is 2. The number of hydrogen-bond acceptors (Lipinski definition) is 4. The van der Waals surface area contributed by atoms with Crippen LogP contribution in [-0.2, 0) is 14.3 Å². The third-order valence-corrected chi connectivity index (χ3v) is 4.11. The van der Waals surface area contributed by atoms with E-state index in [0.29, 0.717) is 11.4 Å². The first-order valence-electron chi connectivity index (χ1n) is 7.36. The minimum Gasteiger partial charge on any atom is -0.482 e. The highest BCUT2D eigenvalue weighted by Gasteiger charge is 2.10. The maximum absolute atomic E-state index is 11.8. The summed E-state index contributed by atoms with van der Waals surface area (Å²) in [7, 11) is 0. The van der Waals surface area contributed by atoms with E-state index in [1.165, 1.54) is 0 Å². The van der Waals surface area contributed by atoms with Gasteiger partial charge in [0.15, 0.2) is 13.2 Å². The maximum Gasteiger partial charge on any atom is 0.344 e. The number of rotatable bonds is 6. The van der Waals surface area contributed by atoms with E-state index in [-0.39, 0.29) is 13.2 Å². The molecule has 0 saturated carbocycles. The van der Waals surface area contributed by atoms with Crippen molar-refractivity contribution in [2.45, 2.75) is 13.8 Å². The van der Waals surface area contributed by atoms with Gasteiger partial charge < -0.3 is 14.8 Å². The summed E-state index contributed by atoms with van der Waals surface area (Å²) >= 11 is 3.39. The molecule has 0 aliphatic rings. The van der Waals surface area contributed by atoms with Gasteiger partial charge in [-0.1, -0.05) is 40.2 Å². The summed E-state index contributed by atoms with van der Waals surface area (Å²) in [4.78, 5) is 23.4. The average Bonchev–Trinajstić information content (AvgIpc) is 2.55. The van der Waals surface area contributed by atoms with E-state index in [1.54, 1.807) is 18.2 Å². The zero-order valence-electron chi connectivity index (χ0n) is 13.5. The molecular formula is C18H18BrNO4. The van der Waals surface area contributed by atoms with Crippen LogP contribution in [0, 0.1) is 13.8 Å². The van der Waals surface area contributed by atoms with Crippen LogP contribution in [0.2, 0.25) is 0 Å². The number of hydrogen-bond donors (Lipinski definition) is 1. The number of carbonyl (C=O) groups is 2. The van der Waals surface area contributed by atoms with Crippen molar-refractivity contribution in [2.24, 2.45) is 0 Å². The van der Waals surface area contributed by atoms with Gasteiger partial charge in [-0.3, -0.25) is 4.79 Å². The summed E-state index contributed by atoms with van der Waals surface area (Å²) in [6, 6.07) is 12.8. The van der Waals surface area contributed by atoms with E-state index < -0.39 is 11.9 Å². The second-order valence-corrected chi connectivity index (χ2v) is 6.08. The van der Waals surface area contributed by atoms with Gasteiger partial charge in [0.2, 0.25) is 0 Å². The van der Waals surface area contributed by atoms with Crippen LogP contribution in [0.3, 0.4) is 0 Å². The lowest BCUT2D eigenvalue weighted by atomic mass is 10.2. The van der Waals surface area contributed by atoms with E-state index in [0.717, 1.165) is 15.6 Å². The number of halogens is 1. The summed E-state index contributed by atoms with van der Waals surface area (Å²) in [5.74, 6) is -0.392. The molecule has 0 aliphatic carbocycles. The van der Waals surface area contributed by atoms with Crippen LogP contribution in [0.1, 0.15) is 11.1 Å². The molecule has 0 spiro atoms. The number of aryl methyl sites for hydroxylation is 2. The highest BCUT2D eigenvalue weighted by molar-refractivity contribution is 9.10. The zero-order valence-corrected chi connectivity index (χ0v) is 15.1. The molecule has 6 heteroatoms. The van der Waals surface area contributed by atoms with Gasteiger partial charge in [-0.15, -0.1) is 0 Å². The highest BCUT2D eigenvalue weighted by Crippen LogP contribution is 2.20. The summed E-state index contributed by atoms with van der Waals surface area (Å²) in [6.07, 6.45) is 0. The molecule has 2 aromatic rings. The van der Waals surface area contributed by atoms with Crippen molar-refractivity contribution in [3.8, 4) is 5.75 Å². The normalized spacial score (nSPS) is 10.1. The van der Waals surface area contributed by atoms with E-state index in [2.05, 4.69) is 21.2 Å². The first-order valence-corrected chi connectivity index (χ1v) is 8.15. The summed E-state index contributed by atoms with van der Waals surface area (Å²) in [6.45, 7) is 3.23. The highest BCUT2D eigenvalue weighted by atomic mass is 79.9. The minimum absolute atomic E-state index is 0.242. The Morgan fingerprint density at radius 3 is 2.50 bits per heavy atom. The number of amides is 1. The first kappa shape index (κ1) is 18.0. The van der Waals surface area contributed by atoms with Crippen molar-refractivity contribution >= 4 is 33.5 Å². The molecule has 0 unspecified atom stereocenters. The van der Waals surface area contributed by atoms with Gasteiger partial charge in [-0.25, -0.2) is 4.79 Å². The molecule has 0 aromatic heterocycles. The van der Waals surface area contributed by atoms with Gasteiger partial charge in [0, 0.05) is 10.2 Å². The van der Waals surface area contributed by atoms with E-state index in [9.17, 15) is 9.59 Å². The Morgan fingerprint density at radius 1 is 1.04 bits per heavy atom. The van der Waals surface area contributed by atoms with Crippen molar-refractivity contribution in [2.75, 3.05) is 18.5 Å². The molecule has 0 aliphatic heterocycles. The van der Waals surface area contributed by atoms with Crippen molar-refractivity contribution in [3.05, 3.63) is 58.1 Å². The fourth-order valence-corrected chi connectivity index (χ4v) is 2.29. The molecule has 0 fully saturated rings. The SMILES string of the molecule is Cc1ccc(NC(=O)COC(=O)COc2ccccc2C)cc1Br. The lowest BCUT2D eigenvalue weighted by molar-refractivity contribution is -0.149. The van der Waals surface area contributed by atoms with Crippen LogP contribution < -0.4 is 10.1 Å². The Morgan fingerprint density at radius 2 is 1.79 bits per heavy atom. The first-order chi connectivity index (χ1) is 11.5. The van der Waals surface area contributed by atoms with Crippen LogP contribution in [0.5, 0.6) is 5.75 Å². The average molecular weight is 392 g/mol. The molecule has 0 atom stereocenters. The molecule has 0 radical (unpaired) electrons. The van der Waals surface area contributed by atoms with E-state index >= 15 is 0 Å². The number of nitrogens with one attached hydrogen (secondary N) is 1. The van der Waals surface area contributed by atoms with E-state index in [1.807, 2.05) is 38.1 Å². The Labute approximate surface area is 149 Å². The van der Waals surface area contributed by atoms with Crippen LogP contribution in [0.25, 0.3) is 0 Å². The Balaban J connectivity index is 1.76. The Bertz CT molecular complexity index is 746. The van der Waals surface area contributed by atoms with Gasteiger partial charge in [-0.2, -0.15) is 0 Å². The van der Waals surface area contributed by atoms with Crippen molar-refractivity contribution in [1.82, 2.24) is 0 Å². The number of para-hydroxylation sites is 1. The number of carbonyl (C=O) groups excluding carboxylic acids is 2. The summed E-state index contributed by atoms with van der Waals surface area (Å²) < 4.78 is 11.2. The molecule has 0 bridgehead atoms. The molecule has 2 rings (SSSR count). The molecular weight excluding hydrogens is 374 g/mol. The monoisotopic (exact) mass is 391 g/mol. The summed E-state index contributed by atoms with van der Waals surface area (Å²) in [5.41, 5.74) is 2.62. The van der Waals surface area contributed by atoms with Gasteiger partial charge in [-0.05, 0) is 43.2 Å². The standard InChI is InChI=1S/C18H18BrNO4/c1-12-7-8-14(9-15(12)19)20-17(21)10-24-18(22)11-23-16-6-4-3-5-13(16)2/h3-9H,10-11H2,1-2H3,(H,20,21). The minimum atomic E-state index is -0.599. The Kier molecular flexibility index (Phi) is 6.37. The van der Waals surface area contributed by atoms with Gasteiger partial charge in [0.05, 0.1) is 0 Å². The number of anilines is 1. The van der Waals surface area contributed by atoms with Crippen molar-refractivity contribution < 1.29 is 19.1 Å². The predicted molar refractivity (Wildman–Crippen MR) is 95.1 cm³/mol. The molecule has 5 nitrogen and oxygen atoms in total. The molecule has 0 heterocycles. The van der Waals surface area contributed by atoms with Gasteiger partial charge >= 0.3 is 5.97 Å². The smallest absolute Gasteiger partial charge is 0.344 e. The molecule has 2 aromatic carbocycles. The third-order valence-electron chi connectivity index (χ3n) is 3.26. The lowest BCUT2D eigenvalue weighted by Crippen LogP contribution is -2.23. The second-order valence-electron chi connectivity index (χ2n) is 5.23. The molecule has 126 valence electrons. The molecule has 0 saturated heterocycles. The fourth-order valence-electron chi connectivity index (χ4n) is 1.91. The lowest BCUT2D eigenvalue weighted by Gasteiger charge is -2.09. The fraction of sp³-hybridized carbons (Fsp3) is 0.222. The maximum atomic E-state index is 11.8. The van der Waals surface area contributed by atoms with Crippen molar-refractivity contribution in [1.29, 1.82) is 0 Å². The number of esters is 1. The third kappa shape index (κ3) is 5.38. The summed E-state index contributed by atoms with van der Waals surface area (Å²) in [5, 5.41) is 2.66. The van der Waals surface area contributed by atoms with Gasteiger partial charge in [0.25, 0.3) is 5.91 Å². The second kappa shape index (κ2) is 8.49. The largest absolute Gasteiger partial charge is 0.482 e. The van der Waals surface area contributed by atoms with Crippen LogP contribution in [-0.4, -0.2) is 25.1 Å². The topological polar surface area (TPSA) is 64.6 Å². The predicted octanol–water partition coefficient (Wildman–Crippen LogP) is 3.63. The zero-order chi connectivity index (χ0) is 17.5. The molecule has 1 amide bonds. The molecule has 24 heavy (non-hydrogen) atoms. The Hall–Kier alpha value is -2.34. The van der Waals surface area contributed by atoms with E-state index in [4.69, 9.17) is 9.47 Å². The van der Waals surface area contributed by atoms with Crippen LogP contribution >= 0.6 is 15.9 Å². The van der Waals surface area contributed by atoms with Crippen LogP contribution in [0.4, 0.5) is 5.69 Å². The number of ether oxygens (including phenoxy) is 2. The quantitative estimate of drug-likeness (QED) is 0.763. The van der Waals surface area contributed by atoms with Gasteiger partial charge in [0.1, 0.15) is 5.75 Å².